The van der Waals surface area contributed by atoms with E-state index in [0.717, 1.165) is 29.7 Å². The average Bonchev–Trinajstić information content (AvgIpc) is 3.20. The first-order valence-corrected chi connectivity index (χ1v) is 11.4. The fourth-order valence-corrected chi connectivity index (χ4v) is 4.25. The van der Waals surface area contributed by atoms with Crippen LogP contribution in [0.25, 0.3) is 11.0 Å². The van der Waals surface area contributed by atoms with Gasteiger partial charge in [-0.05, 0) is 55.0 Å². The van der Waals surface area contributed by atoms with Crippen LogP contribution in [0.4, 0.5) is 5.69 Å². The Morgan fingerprint density at radius 3 is 2.35 bits per heavy atom. The number of nitrogens with one attached hydrogen (secondary N) is 3. The third kappa shape index (κ3) is 5.10. The Hall–Kier alpha value is -3.65. The van der Waals surface area contributed by atoms with Crippen LogP contribution in [0.3, 0.4) is 0 Å². The fourth-order valence-electron chi connectivity index (χ4n) is 3.19. The first-order valence-electron chi connectivity index (χ1n) is 9.91. The van der Waals surface area contributed by atoms with Gasteiger partial charge in [-0.1, -0.05) is 30.3 Å². The van der Waals surface area contributed by atoms with Crippen LogP contribution >= 0.6 is 0 Å². The lowest BCUT2D eigenvalue weighted by molar-refractivity contribution is 0.0953. The molecule has 0 spiro atoms. The molecule has 0 unspecified atom stereocenters. The van der Waals surface area contributed by atoms with E-state index >= 15 is 0 Å². The summed E-state index contributed by atoms with van der Waals surface area (Å²) in [5.41, 5.74) is 2.81. The van der Waals surface area contributed by atoms with Gasteiger partial charge in [-0.25, -0.2) is 13.4 Å². The zero-order chi connectivity index (χ0) is 21.7. The highest BCUT2D eigenvalue weighted by molar-refractivity contribution is 7.92. The molecule has 0 saturated heterocycles. The van der Waals surface area contributed by atoms with E-state index in [1.54, 1.807) is 24.3 Å². The van der Waals surface area contributed by atoms with Gasteiger partial charge in [-0.15, -0.1) is 0 Å². The number of sulfonamides is 1. The number of H-pyrrole nitrogens is 1. The van der Waals surface area contributed by atoms with E-state index in [1.807, 2.05) is 30.3 Å². The van der Waals surface area contributed by atoms with E-state index in [-0.39, 0.29) is 10.8 Å². The molecule has 0 atom stereocenters. The Bertz CT molecular complexity index is 1250. The molecule has 0 saturated carbocycles. The van der Waals surface area contributed by atoms with Crippen molar-refractivity contribution < 1.29 is 13.2 Å². The van der Waals surface area contributed by atoms with Crippen LogP contribution in [0.2, 0.25) is 0 Å². The Kier molecular flexibility index (Phi) is 5.99. The third-order valence-electron chi connectivity index (χ3n) is 4.77. The van der Waals surface area contributed by atoms with Gasteiger partial charge >= 0.3 is 0 Å². The predicted octanol–water partition coefficient (Wildman–Crippen LogP) is 3.73. The lowest BCUT2D eigenvalue weighted by atomic mass is 10.2. The number of anilines is 1. The molecule has 0 aliphatic carbocycles. The molecule has 8 heteroatoms. The minimum Gasteiger partial charge on any atom is -0.352 e. The van der Waals surface area contributed by atoms with E-state index in [9.17, 15) is 13.2 Å². The number of aryl methyl sites for hydroxylation is 1. The molecule has 0 radical (unpaired) electrons. The number of rotatable bonds is 8. The molecule has 1 heterocycles. The predicted molar refractivity (Wildman–Crippen MR) is 120 cm³/mol. The second kappa shape index (κ2) is 9.01. The van der Waals surface area contributed by atoms with Crippen LogP contribution in [-0.4, -0.2) is 30.8 Å². The summed E-state index contributed by atoms with van der Waals surface area (Å²) in [4.78, 5) is 20.2. The van der Waals surface area contributed by atoms with Crippen molar-refractivity contribution in [2.45, 2.75) is 17.7 Å². The molecule has 3 N–H and O–H groups in total. The average molecular weight is 435 g/mol. The summed E-state index contributed by atoms with van der Waals surface area (Å²) in [6.07, 6.45) is 1.45. The van der Waals surface area contributed by atoms with Crippen LogP contribution in [0.15, 0.2) is 83.8 Å². The molecule has 7 nitrogen and oxygen atoms in total. The number of hydrogen-bond acceptors (Lipinski definition) is 4. The van der Waals surface area contributed by atoms with Crippen LogP contribution in [0.5, 0.6) is 0 Å². The van der Waals surface area contributed by atoms with Crippen LogP contribution in [0.1, 0.15) is 22.6 Å². The molecular formula is C23H22N4O3S. The van der Waals surface area contributed by atoms with E-state index in [0.29, 0.717) is 17.8 Å². The largest absolute Gasteiger partial charge is 0.352 e. The standard InChI is InChI=1S/C23H22N4O3S/c28-23(24-16-6-11-22-25-20-9-4-5-10-21(20)26-22)17-12-14-19(15-13-17)31(29,30)27-18-7-2-1-3-8-18/h1-5,7-10,12-15,27H,6,11,16H2,(H,24,28)(H,25,26). The second-order valence-corrected chi connectivity index (χ2v) is 8.74. The van der Waals surface area contributed by atoms with Gasteiger partial charge in [0.1, 0.15) is 5.82 Å². The maximum Gasteiger partial charge on any atom is 0.261 e. The minimum absolute atomic E-state index is 0.0952. The Morgan fingerprint density at radius 2 is 1.61 bits per heavy atom. The second-order valence-electron chi connectivity index (χ2n) is 7.06. The molecule has 0 aliphatic heterocycles. The number of amides is 1. The van der Waals surface area contributed by atoms with Crippen molar-refractivity contribution in [3.8, 4) is 0 Å². The number of carbonyl (C=O) groups excluding carboxylic acids is 1. The zero-order valence-electron chi connectivity index (χ0n) is 16.7. The van der Waals surface area contributed by atoms with E-state index in [1.165, 1.54) is 24.3 Å². The minimum atomic E-state index is -3.71. The smallest absolute Gasteiger partial charge is 0.261 e. The van der Waals surface area contributed by atoms with E-state index in [2.05, 4.69) is 20.0 Å². The van der Waals surface area contributed by atoms with Crippen molar-refractivity contribution in [2.24, 2.45) is 0 Å². The summed E-state index contributed by atoms with van der Waals surface area (Å²) in [5.74, 6) is 0.639. The topological polar surface area (TPSA) is 104 Å². The summed E-state index contributed by atoms with van der Waals surface area (Å²) < 4.78 is 27.5. The molecule has 4 aromatic rings. The molecule has 3 aromatic carbocycles. The monoisotopic (exact) mass is 434 g/mol. The van der Waals surface area contributed by atoms with Crippen molar-refractivity contribution in [3.05, 3.63) is 90.3 Å². The number of nitrogens with zero attached hydrogens (tertiary/aromatic N) is 1. The molecule has 0 bridgehead atoms. The maximum absolute atomic E-state index is 12.5. The lowest BCUT2D eigenvalue weighted by Crippen LogP contribution is -2.25. The molecule has 1 aromatic heterocycles. The highest BCUT2D eigenvalue weighted by atomic mass is 32.2. The van der Waals surface area contributed by atoms with Gasteiger partial charge in [0, 0.05) is 24.2 Å². The molecule has 0 aliphatic rings. The number of hydrogen-bond donors (Lipinski definition) is 3. The third-order valence-corrected chi connectivity index (χ3v) is 6.16. The molecule has 1 amide bonds. The van der Waals surface area contributed by atoms with Gasteiger partial charge in [-0.3, -0.25) is 9.52 Å². The molecule has 4 rings (SSSR count). The Balaban J connectivity index is 1.29. The van der Waals surface area contributed by atoms with Crippen molar-refractivity contribution >= 4 is 32.7 Å². The quantitative estimate of drug-likeness (QED) is 0.368. The fraction of sp³-hybridized carbons (Fsp3) is 0.130. The Morgan fingerprint density at radius 1 is 0.903 bits per heavy atom. The molecular weight excluding hydrogens is 412 g/mol. The SMILES string of the molecule is O=C(NCCCc1nc2ccccc2[nH]1)c1ccc(S(=O)(=O)Nc2ccccc2)cc1. The number of aromatic amines is 1. The summed E-state index contributed by atoms with van der Waals surface area (Å²) in [7, 11) is -3.71. The number of fused-ring (bicyclic) bond motifs is 1. The summed E-state index contributed by atoms with van der Waals surface area (Å²) >= 11 is 0. The molecule has 31 heavy (non-hydrogen) atoms. The highest BCUT2D eigenvalue weighted by Crippen LogP contribution is 2.16. The first kappa shape index (κ1) is 20.6. The van der Waals surface area contributed by atoms with Crippen molar-refractivity contribution in [2.75, 3.05) is 11.3 Å². The van der Waals surface area contributed by atoms with Crippen molar-refractivity contribution in [3.63, 3.8) is 0 Å². The van der Waals surface area contributed by atoms with Crippen molar-refractivity contribution in [1.82, 2.24) is 15.3 Å². The van der Waals surface area contributed by atoms with Gasteiger partial charge in [0.05, 0.1) is 15.9 Å². The van der Waals surface area contributed by atoms with E-state index < -0.39 is 10.0 Å². The van der Waals surface area contributed by atoms with Gasteiger partial charge in [0.25, 0.3) is 15.9 Å². The Labute approximate surface area is 180 Å². The number of carbonyl (C=O) groups is 1. The number of imidazole rings is 1. The number of aromatic nitrogens is 2. The zero-order valence-corrected chi connectivity index (χ0v) is 17.5. The van der Waals surface area contributed by atoms with Gasteiger partial charge in [0.15, 0.2) is 0 Å². The van der Waals surface area contributed by atoms with Crippen molar-refractivity contribution in [1.29, 1.82) is 0 Å². The van der Waals surface area contributed by atoms with Gasteiger partial charge < -0.3 is 10.3 Å². The van der Waals surface area contributed by atoms with Crippen LogP contribution in [-0.2, 0) is 16.4 Å². The van der Waals surface area contributed by atoms with Gasteiger partial charge in [0.2, 0.25) is 0 Å². The first-order chi connectivity index (χ1) is 15.0. The lowest BCUT2D eigenvalue weighted by Gasteiger charge is -2.09. The van der Waals surface area contributed by atoms with Crippen LogP contribution in [0, 0.1) is 0 Å². The summed E-state index contributed by atoms with van der Waals surface area (Å²) in [6.45, 7) is 0.492. The molecule has 158 valence electrons. The van der Waals surface area contributed by atoms with Crippen LogP contribution < -0.4 is 10.0 Å². The summed E-state index contributed by atoms with van der Waals surface area (Å²) in [6, 6.07) is 22.4. The maximum atomic E-state index is 12.5. The number of para-hydroxylation sites is 3. The molecule has 0 fully saturated rings. The highest BCUT2D eigenvalue weighted by Gasteiger charge is 2.15. The normalized spacial score (nSPS) is 11.4. The van der Waals surface area contributed by atoms with Gasteiger partial charge in [-0.2, -0.15) is 0 Å². The number of benzene rings is 3. The summed E-state index contributed by atoms with van der Waals surface area (Å²) in [5, 5.41) is 2.86. The van der Waals surface area contributed by atoms with E-state index in [4.69, 9.17) is 0 Å².